The first-order valence-corrected chi connectivity index (χ1v) is 6.59. The summed E-state index contributed by atoms with van der Waals surface area (Å²) in [6.45, 7) is -0.636. The monoisotopic (exact) mass is 309 g/mol. The maximum Gasteiger partial charge on any atom is 0.322 e. The molecular formula is C13H11NO6S. The van der Waals surface area contributed by atoms with Crippen molar-refractivity contribution in [3.8, 4) is 11.5 Å². The van der Waals surface area contributed by atoms with Crippen LogP contribution in [-0.2, 0) is 4.79 Å². The van der Waals surface area contributed by atoms with Crippen LogP contribution in [0.25, 0.3) is 10.1 Å². The van der Waals surface area contributed by atoms with Gasteiger partial charge in [-0.05, 0) is 18.2 Å². The summed E-state index contributed by atoms with van der Waals surface area (Å²) in [4.78, 5) is 34.2. The molecule has 0 aliphatic rings. The van der Waals surface area contributed by atoms with Crippen molar-refractivity contribution in [3.05, 3.63) is 33.3 Å². The van der Waals surface area contributed by atoms with Crippen LogP contribution in [0.1, 0.15) is 10.4 Å². The highest BCUT2D eigenvalue weighted by molar-refractivity contribution is 7.16. The van der Waals surface area contributed by atoms with Crippen molar-refractivity contribution >= 4 is 33.3 Å². The number of aromatic hydroxyl groups is 1. The lowest BCUT2D eigenvalue weighted by molar-refractivity contribution is -0.135. The number of carbonyl (C=O) groups excluding carboxylic acids is 1. The maximum atomic E-state index is 11.9. The van der Waals surface area contributed by atoms with Crippen LogP contribution in [0.2, 0.25) is 0 Å². The minimum absolute atomic E-state index is 0.320. The van der Waals surface area contributed by atoms with E-state index < -0.39 is 34.5 Å². The van der Waals surface area contributed by atoms with Gasteiger partial charge in [0.05, 0.1) is 7.11 Å². The molecule has 0 aliphatic carbocycles. The van der Waals surface area contributed by atoms with E-state index >= 15 is 0 Å². The van der Waals surface area contributed by atoms with E-state index in [1.54, 1.807) is 12.1 Å². The number of hydrogen-bond donors (Lipinski definition) is 3. The summed E-state index contributed by atoms with van der Waals surface area (Å²) in [5.74, 6) is -2.13. The Morgan fingerprint density at radius 1 is 1.38 bits per heavy atom. The summed E-state index contributed by atoms with van der Waals surface area (Å²) >= 11 is 0.771. The molecule has 0 bridgehead atoms. The van der Waals surface area contributed by atoms with Crippen LogP contribution in [0.4, 0.5) is 0 Å². The second kappa shape index (κ2) is 5.80. The Labute approximate surface area is 122 Å². The fourth-order valence-corrected chi connectivity index (χ4v) is 2.68. The second-order valence-corrected chi connectivity index (χ2v) is 5.07. The highest BCUT2D eigenvalue weighted by Gasteiger charge is 2.20. The summed E-state index contributed by atoms with van der Waals surface area (Å²) in [7, 11) is 1.47. The van der Waals surface area contributed by atoms with Gasteiger partial charge < -0.3 is 20.3 Å². The van der Waals surface area contributed by atoms with Gasteiger partial charge in [0.25, 0.3) is 5.91 Å². The van der Waals surface area contributed by atoms with Crippen LogP contribution >= 0.6 is 11.3 Å². The molecule has 8 heteroatoms. The van der Waals surface area contributed by atoms with Crippen molar-refractivity contribution in [1.29, 1.82) is 0 Å². The van der Waals surface area contributed by atoms with Gasteiger partial charge in [0.1, 0.15) is 23.6 Å². The van der Waals surface area contributed by atoms with Crippen molar-refractivity contribution in [3.63, 3.8) is 0 Å². The minimum atomic E-state index is -1.25. The van der Waals surface area contributed by atoms with Crippen LogP contribution in [0, 0.1) is 0 Å². The van der Waals surface area contributed by atoms with Gasteiger partial charge in [-0.25, -0.2) is 0 Å². The molecule has 1 aromatic carbocycles. The molecule has 0 saturated heterocycles. The topological polar surface area (TPSA) is 113 Å². The first-order chi connectivity index (χ1) is 9.93. The molecule has 0 radical (unpaired) electrons. The number of carboxylic acid groups (broad SMARTS) is 1. The van der Waals surface area contributed by atoms with E-state index in [0.717, 1.165) is 11.3 Å². The molecule has 0 spiro atoms. The van der Waals surface area contributed by atoms with E-state index in [0.29, 0.717) is 15.8 Å². The summed E-state index contributed by atoms with van der Waals surface area (Å²) < 4.78 is 4.83. The van der Waals surface area contributed by atoms with Gasteiger partial charge in [0.15, 0.2) is 0 Å². The molecule has 0 atom stereocenters. The Morgan fingerprint density at radius 2 is 2.10 bits per heavy atom. The molecule has 0 fully saturated rings. The number of hydrogen-bond acceptors (Lipinski definition) is 6. The number of rotatable bonds is 4. The van der Waals surface area contributed by atoms with Gasteiger partial charge >= 0.3 is 5.97 Å². The minimum Gasteiger partial charge on any atom is -0.506 e. The van der Waals surface area contributed by atoms with Gasteiger partial charge in [-0.2, -0.15) is 0 Å². The number of carboxylic acids is 1. The standard InChI is InChI=1S/C13H11NO6S/c1-20-6-2-3-7-8(4-6)21-13(19)10(11(7)17)12(18)14-5-9(15)16/h2-4,17H,5H2,1H3,(H,14,18)(H,15,16). The van der Waals surface area contributed by atoms with Crippen LogP contribution < -0.4 is 14.8 Å². The van der Waals surface area contributed by atoms with Crippen molar-refractivity contribution in [1.82, 2.24) is 5.32 Å². The van der Waals surface area contributed by atoms with Gasteiger partial charge in [-0.3, -0.25) is 14.4 Å². The molecule has 0 aliphatic heterocycles. The Balaban J connectivity index is 2.53. The number of methoxy groups -OCH3 is 1. The van der Waals surface area contributed by atoms with E-state index in [-0.39, 0.29) is 0 Å². The second-order valence-electron chi connectivity index (χ2n) is 4.05. The van der Waals surface area contributed by atoms with Gasteiger partial charge in [0.2, 0.25) is 4.74 Å². The summed E-state index contributed by atoms with van der Waals surface area (Å²) in [5, 5.41) is 21.0. The van der Waals surface area contributed by atoms with E-state index in [9.17, 15) is 19.5 Å². The third-order valence-electron chi connectivity index (χ3n) is 2.71. The molecular weight excluding hydrogens is 298 g/mol. The van der Waals surface area contributed by atoms with Crippen molar-refractivity contribution in [2.24, 2.45) is 0 Å². The molecule has 21 heavy (non-hydrogen) atoms. The summed E-state index contributed by atoms with van der Waals surface area (Å²) in [6.07, 6.45) is 0. The average molecular weight is 309 g/mol. The first-order valence-electron chi connectivity index (χ1n) is 5.78. The van der Waals surface area contributed by atoms with E-state index in [4.69, 9.17) is 9.84 Å². The van der Waals surface area contributed by atoms with Crippen molar-refractivity contribution in [2.75, 3.05) is 13.7 Å². The molecule has 1 aromatic heterocycles. The normalized spacial score (nSPS) is 10.3. The summed E-state index contributed by atoms with van der Waals surface area (Å²) in [6, 6.07) is 4.67. The Morgan fingerprint density at radius 3 is 2.71 bits per heavy atom. The fourth-order valence-electron chi connectivity index (χ4n) is 1.74. The third kappa shape index (κ3) is 2.95. The van der Waals surface area contributed by atoms with E-state index in [1.165, 1.54) is 13.2 Å². The number of aliphatic carboxylic acids is 1. The zero-order valence-corrected chi connectivity index (χ0v) is 11.7. The predicted molar refractivity (Wildman–Crippen MR) is 76.3 cm³/mol. The lowest BCUT2D eigenvalue weighted by atomic mass is 10.1. The summed E-state index contributed by atoms with van der Waals surface area (Å²) in [5.41, 5.74) is -0.459. The Bertz CT molecular complexity index is 782. The largest absolute Gasteiger partial charge is 0.506 e. The Kier molecular flexibility index (Phi) is 4.08. The fraction of sp³-hybridized carbons (Fsp3) is 0.154. The molecule has 0 unspecified atom stereocenters. The van der Waals surface area contributed by atoms with Gasteiger partial charge in [-0.15, -0.1) is 0 Å². The van der Waals surface area contributed by atoms with Crippen molar-refractivity contribution in [2.45, 2.75) is 0 Å². The smallest absolute Gasteiger partial charge is 0.322 e. The maximum absolute atomic E-state index is 11.9. The number of carbonyl (C=O) groups is 2. The zero-order valence-electron chi connectivity index (χ0n) is 10.9. The number of nitrogens with one attached hydrogen (secondary N) is 1. The molecule has 2 aromatic rings. The van der Waals surface area contributed by atoms with Gasteiger partial charge in [0, 0.05) is 10.1 Å². The molecule has 2 rings (SSSR count). The van der Waals surface area contributed by atoms with Crippen molar-refractivity contribution < 1.29 is 24.5 Å². The molecule has 1 amide bonds. The lowest BCUT2D eigenvalue weighted by Gasteiger charge is -2.07. The predicted octanol–water partition coefficient (Wildman–Crippen LogP) is 0.790. The number of benzene rings is 1. The van der Waals surface area contributed by atoms with Gasteiger partial charge in [-0.1, -0.05) is 11.3 Å². The first kappa shape index (κ1) is 14.8. The van der Waals surface area contributed by atoms with Crippen LogP contribution in [-0.4, -0.2) is 35.7 Å². The highest BCUT2D eigenvalue weighted by atomic mass is 32.1. The highest BCUT2D eigenvalue weighted by Crippen LogP contribution is 2.31. The van der Waals surface area contributed by atoms with Crippen LogP contribution in [0.15, 0.2) is 23.0 Å². The lowest BCUT2D eigenvalue weighted by Crippen LogP contribution is -2.32. The van der Waals surface area contributed by atoms with Crippen LogP contribution in [0.3, 0.4) is 0 Å². The SMILES string of the molecule is COc1ccc2c(O)c(C(=O)NCC(=O)O)c(=O)sc2c1. The quantitative estimate of drug-likeness (QED) is 0.769. The zero-order chi connectivity index (χ0) is 15.6. The molecule has 1 heterocycles. The van der Waals surface area contributed by atoms with E-state index in [2.05, 4.69) is 5.32 Å². The van der Waals surface area contributed by atoms with E-state index in [1.807, 2.05) is 0 Å². The average Bonchev–Trinajstić information content (AvgIpc) is 2.44. The molecule has 3 N–H and O–H groups in total. The Hall–Kier alpha value is -2.61. The number of amides is 1. The molecule has 7 nitrogen and oxygen atoms in total. The number of fused-ring (bicyclic) bond motifs is 1. The van der Waals surface area contributed by atoms with Crippen LogP contribution in [0.5, 0.6) is 11.5 Å². The molecule has 0 saturated carbocycles. The molecule has 110 valence electrons. The number of ether oxygens (including phenoxy) is 1. The third-order valence-corrected chi connectivity index (χ3v) is 3.66.